The maximum absolute atomic E-state index is 12.3. The second-order valence-corrected chi connectivity index (χ2v) is 8.60. The first-order chi connectivity index (χ1) is 7.51. The van der Waals surface area contributed by atoms with Crippen molar-refractivity contribution in [1.82, 2.24) is 4.31 Å². The van der Waals surface area contributed by atoms with E-state index < -0.39 is 10.0 Å². The van der Waals surface area contributed by atoms with Gasteiger partial charge in [0, 0.05) is 12.6 Å². The van der Waals surface area contributed by atoms with Crippen LogP contribution in [0.5, 0.6) is 0 Å². The van der Waals surface area contributed by atoms with Crippen LogP contribution in [0.1, 0.15) is 26.2 Å². The van der Waals surface area contributed by atoms with Crippen LogP contribution in [0.3, 0.4) is 0 Å². The summed E-state index contributed by atoms with van der Waals surface area (Å²) >= 11 is 4.58. The predicted molar refractivity (Wildman–Crippen MR) is 69.2 cm³/mol. The molecule has 16 heavy (non-hydrogen) atoms. The van der Waals surface area contributed by atoms with Crippen molar-refractivity contribution >= 4 is 37.3 Å². The fourth-order valence-electron chi connectivity index (χ4n) is 1.98. The minimum atomic E-state index is -3.27. The highest BCUT2D eigenvalue weighted by molar-refractivity contribution is 9.11. The van der Waals surface area contributed by atoms with Crippen LogP contribution in [0.15, 0.2) is 20.1 Å². The molecule has 1 aliphatic heterocycles. The Morgan fingerprint density at radius 3 is 2.75 bits per heavy atom. The second-order valence-electron chi connectivity index (χ2n) is 4.02. The Balaban J connectivity index is 2.31. The van der Waals surface area contributed by atoms with Gasteiger partial charge in [0.1, 0.15) is 4.21 Å². The zero-order valence-corrected chi connectivity index (χ0v) is 12.2. The highest BCUT2D eigenvalue weighted by Gasteiger charge is 2.31. The van der Waals surface area contributed by atoms with Gasteiger partial charge in [-0.25, -0.2) is 8.42 Å². The molecule has 2 rings (SSSR count). The van der Waals surface area contributed by atoms with Gasteiger partial charge < -0.3 is 0 Å². The van der Waals surface area contributed by atoms with Gasteiger partial charge in [0.05, 0.1) is 3.79 Å². The lowest BCUT2D eigenvalue weighted by Crippen LogP contribution is -2.41. The van der Waals surface area contributed by atoms with Crippen molar-refractivity contribution in [3.8, 4) is 0 Å². The smallest absolute Gasteiger partial charge is 0.206 e. The molecule has 0 bridgehead atoms. The van der Waals surface area contributed by atoms with Crippen molar-refractivity contribution in [3.05, 3.63) is 15.9 Å². The highest BCUT2D eigenvalue weighted by atomic mass is 79.9. The lowest BCUT2D eigenvalue weighted by molar-refractivity contribution is 0.269. The number of piperidine rings is 1. The molecule has 1 aromatic rings. The normalized spacial score (nSPS) is 23.5. The van der Waals surface area contributed by atoms with Crippen LogP contribution in [-0.2, 0) is 10.0 Å². The standard InChI is InChI=1S/C10H14BrNO2S2/c1-8-4-2-3-7-12(8)16(13,14)10-6-5-9(11)15-10/h5-6,8H,2-4,7H2,1H3. The van der Waals surface area contributed by atoms with Crippen molar-refractivity contribution in [2.45, 2.75) is 36.4 Å². The molecule has 0 aromatic carbocycles. The summed E-state index contributed by atoms with van der Waals surface area (Å²) in [7, 11) is -3.27. The number of thiophene rings is 1. The average molecular weight is 324 g/mol. The summed E-state index contributed by atoms with van der Waals surface area (Å²) in [6, 6.07) is 3.58. The van der Waals surface area contributed by atoms with Crippen molar-refractivity contribution < 1.29 is 8.42 Å². The van der Waals surface area contributed by atoms with E-state index >= 15 is 0 Å². The molecule has 0 radical (unpaired) electrons. The molecule has 3 nitrogen and oxygen atoms in total. The number of halogens is 1. The van der Waals surface area contributed by atoms with Crippen LogP contribution in [0, 0.1) is 0 Å². The first-order valence-electron chi connectivity index (χ1n) is 5.29. The molecule has 1 aromatic heterocycles. The summed E-state index contributed by atoms with van der Waals surface area (Å²) in [5.74, 6) is 0. The van der Waals surface area contributed by atoms with E-state index in [1.807, 2.05) is 6.92 Å². The molecule has 1 unspecified atom stereocenters. The van der Waals surface area contributed by atoms with Crippen LogP contribution in [0.25, 0.3) is 0 Å². The second kappa shape index (κ2) is 4.76. The Morgan fingerprint density at radius 2 is 2.19 bits per heavy atom. The van der Waals surface area contributed by atoms with Gasteiger partial charge >= 0.3 is 0 Å². The molecule has 0 aliphatic carbocycles. The fraction of sp³-hybridized carbons (Fsp3) is 0.600. The molecule has 0 spiro atoms. The van der Waals surface area contributed by atoms with Crippen LogP contribution in [0.4, 0.5) is 0 Å². The lowest BCUT2D eigenvalue weighted by atomic mass is 10.1. The zero-order chi connectivity index (χ0) is 11.8. The maximum Gasteiger partial charge on any atom is 0.252 e. The fourth-order valence-corrected chi connectivity index (χ4v) is 5.82. The monoisotopic (exact) mass is 323 g/mol. The summed E-state index contributed by atoms with van der Waals surface area (Å²) < 4.78 is 27.6. The topological polar surface area (TPSA) is 37.4 Å². The highest BCUT2D eigenvalue weighted by Crippen LogP contribution is 2.31. The van der Waals surface area contributed by atoms with E-state index in [1.165, 1.54) is 11.3 Å². The van der Waals surface area contributed by atoms with Crippen molar-refractivity contribution in [2.24, 2.45) is 0 Å². The van der Waals surface area contributed by atoms with Gasteiger partial charge in [-0.2, -0.15) is 4.31 Å². The van der Waals surface area contributed by atoms with Crippen LogP contribution < -0.4 is 0 Å². The third-order valence-electron chi connectivity index (χ3n) is 2.85. The van der Waals surface area contributed by atoms with Crippen molar-refractivity contribution in [3.63, 3.8) is 0 Å². The molecule has 1 saturated heterocycles. The number of hydrogen-bond acceptors (Lipinski definition) is 3. The molecule has 90 valence electrons. The molecule has 1 fully saturated rings. The third kappa shape index (κ3) is 2.34. The maximum atomic E-state index is 12.3. The summed E-state index contributed by atoms with van der Waals surface area (Å²) in [6.45, 7) is 2.64. The zero-order valence-electron chi connectivity index (χ0n) is 9.02. The summed E-state index contributed by atoms with van der Waals surface area (Å²) in [6.07, 6.45) is 3.06. The molecule has 1 atom stereocenters. The minimum absolute atomic E-state index is 0.125. The lowest BCUT2D eigenvalue weighted by Gasteiger charge is -2.31. The third-order valence-corrected chi connectivity index (χ3v) is 6.96. The number of nitrogens with zero attached hydrogens (tertiary/aromatic N) is 1. The van der Waals surface area contributed by atoms with E-state index in [-0.39, 0.29) is 6.04 Å². The Hall–Kier alpha value is 0.0900. The Labute approximate surface area is 109 Å². The van der Waals surface area contributed by atoms with Crippen LogP contribution in [-0.4, -0.2) is 25.3 Å². The first kappa shape index (κ1) is 12.5. The molecule has 2 heterocycles. The van der Waals surface area contributed by atoms with Crippen molar-refractivity contribution in [1.29, 1.82) is 0 Å². The van der Waals surface area contributed by atoms with Gasteiger partial charge in [0.15, 0.2) is 0 Å². The number of rotatable bonds is 2. The van der Waals surface area contributed by atoms with Gasteiger partial charge in [-0.15, -0.1) is 11.3 Å². The van der Waals surface area contributed by atoms with Gasteiger partial charge in [-0.3, -0.25) is 0 Å². The summed E-state index contributed by atoms with van der Waals surface area (Å²) in [5, 5.41) is 0. The largest absolute Gasteiger partial charge is 0.252 e. The van der Waals surface area contributed by atoms with Crippen LogP contribution >= 0.6 is 27.3 Å². The van der Waals surface area contributed by atoms with E-state index in [4.69, 9.17) is 0 Å². The van der Waals surface area contributed by atoms with Gasteiger partial charge in [-0.1, -0.05) is 6.42 Å². The van der Waals surface area contributed by atoms with E-state index in [0.717, 1.165) is 23.0 Å². The molecular formula is C10H14BrNO2S2. The average Bonchev–Trinajstić information content (AvgIpc) is 2.66. The van der Waals surface area contributed by atoms with E-state index in [9.17, 15) is 8.42 Å². The Kier molecular flexibility index (Phi) is 3.73. The molecular weight excluding hydrogens is 310 g/mol. The van der Waals surface area contributed by atoms with Gasteiger partial charge in [-0.05, 0) is 47.8 Å². The molecule has 6 heteroatoms. The van der Waals surface area contributed by atoms with Crippen molar-refractivity contribution in [2.75, 3.05) is 6.54 Å². The number of sulfonamides is 1. The Bertz CT molecular complexity index is 469. The molecule has 0 N–H and O–H groups in total. The summed E-state index contributed by atoms with van der Waals surface area (Å²) in [5.41, 5.74) is 0. The molecule has 1 aliphatic rings. The Morgan fingerprint density at radius 1 is 1.44 bits per heavy atom. The predicted octanol–water partition coefficient (Wildman–Crippen LogP) is 3.07. The van der Waals surface area contributed by atoms with Crippen LogP contribution in [0.2, 0.25) is 0 Å². The number of hydrogen-bond donors (Lipinski definition) is 0. The van der Waals surface area contributed by atoms with E-state index in [0.29, 0.717) is 10.8 Å². The SMILES string of the molecule is CC1CCCCN1S(=O)(=O)c1ccc(Br)s1. The summed E-state index contributed by atoms with van der Waals surface area (Å²) in [4.78, 5) is 0. The molecule has 0 saturated carbocycles. The van der Waals surface area contributed by atoms with E-state index in [2.05, 4.69) is 15.9 Å². The first-order valence-corrected chi connectivity index (χ1v) is 8.34. The molecule has 0 amide bonds. The van der Waals surface area contributed by atoms with Gasteiger partial charge in [0.2, 0.25) is 0 Å². The quantitative estimate of drug-likeness (QED) is 0.838. The minimum Gasteiger partial charge on any atom is -0.206 e. The van der Waals surface area contributed by atoms with Gasteiger partial charge in [0.25, 0.3) is 10.0 Å². The van der Waals surface area contributed by atoms with E-state index in [1.54, 1.807) is 16.4 Å².